The van der Waals surface area contributed by atoms with Gasteiger partial charge in [-0.2, -0.15) is 9.83 Å². The van der Waals surface area contributed by atoms with E-state index in [1.165, 1.54) is 0 Å². The number of hydrogen-bond acceptors (Lipinski definition) is 2. The van der Waals surface area contributed by atoms with Gasteiger partial charge in [-0.25, -0.2) is 0 Å². The Bertz CT molecular complexity index is 473. The predicted octanol–water partition coefficient (Wildman–Crippen LogP) is 0.434. The van der Waals surface area contributed by atoms with Gasteiger partial charge in [-0.3, -0.25) is 0 Å². The van der Waals surface area contributed by atoms with Crippen molar-refractivity contribution in [3.63, 3.8) is 0 Å². The summed E-state index contributed by atoms with van der Waals surface area (Å²) in [7, 11) is 0. The number of halogens is 4. The molecule has 0 amide bonds. The number of fused-ring (bicyclic) bond motifs is 1. The van der Waals surface area contributed by atoms with Gasteiger partial charge < -0.3 is 4.74 Å². The molecule has 0 N–H and O–H groups in total. The third-order valence-corrected chi connectivity index (χ3v) is 3.64. The topological polar surface area (TPSA) is 36.9 Å². The molecule has 0 aliphatic carbocycles. The minimum absolute atomic E-state index is 0.207. The molecular formula is C11H12I4N2O. The van der Waals surface area contributed by atoms with E-state index in [-0.39, 0.29) is 6.10 Å². The maximum atomic E-state index is 9.09. The molecule has 1 aliphatic heterocycles. The Morgan fingerprint density at radius 2 is 2.17 bits per heavy atom. The molecule has 0 radical (unpaired) electrons. The first kappa shape index (κ1) is 17.4. The average Bonchev–Trinajstić information content (AvgIpc) is 2.75. The van der Waals surface area contributed by atoms with Crippen LogP contribution in [0.1, 0.15) is 16.8 Å². The van der Waals surface area contributed by atoms with Crippen molar-refractivity contribution in [3.8, 4) is 11.9 Å². The van der Waals surface area contributed by atoms with Gasteiger partial charge in [0, 0.05) is 17.4 Å². The number of aromatic nitrogens is 1. The van der Waals surface area contributed by atoms with Crippen molar-refractivity contribution in [3.05, 3.63) is 22.9 Å². The van der Waals surface area contributed by atoms with Gasteiger partial charge in [0.2, 0.25) is 0 Å². The Balaban J connectivity index is 0.000000492. The summed E-state index contributed by atoms with van der Waals surface area (Å²) in [5.41, 5.74) is 2.83. The standard InChI is InChI=1S/C11H12IN2O.I3/c1-7-3-8(2)14-6-9(4-12)15-11(14)10(7)5-13;1-3-2/h3,9H,4,6H2,1-2H3;/q+1;-1. The Kier molecular flexibility index (Phi) is 8.32. The quantitative estimate of drug-likeness (QED) is 0.243. The molecule has 2 heterocycles. The van der Waals surface area contributed by atoms with Crippen molar-refractivity contribution in [2.75, 3.05) is 4.43 Å². The zero-order valence-corrected chi connectivity index (χ0v) is 18.5. The van der Waals surface area contributed by atoms with Crippen molar-refractivity contribution in [1.29, 1.82) is 5.26 Å². The van der Waals surface area contributed by atoms with Crippen LogP contribution in [0.2, 0.25) is 0 Å². The number of nitrogens with zero attached hydrogens (tertiary/aromatic N) is 2. The Labute approximate surface area is 151 Å². The van der Waals surface area contributed by atoms with Gasteiger partial charge in [-0.15, -0.1) is 0 Å². The van der Waals surface area contributed by atoms with Crippen molar-refractivity contribution in [2.45, 2.75) is 26.5 Å². The molecule has 1 aromatic rings. The van der Waals surface area contributed by atoms with Crippen LogP contribution in [0.5, 0.6) is 5.88 Å². The summed E-state index contributed by atoms with van der Waals surface area (Å²) in [6.45, 7) is 4.86. The first-order valence-corrected chi connectivity index (χ1v) is 19.2. The summed E-state index contributed by atoms with van der Waals surface area (Å²) in [5.74, 6) is 0.747. The first-order valence-electron chi connectivity index (χ1n) is 5.12. The second-order valence-corrected chi connectivity index (χ2v) is 20.9. The minimum atomic E-state index is 0.207. The average molecular weight is 696 g/mol. The van der Waals surface area contributed by atoms with Crippen LogP contribution in [0.3, 0.4) is 0 Å². The maximum absolute atomic E-state index is 9.09. The fourth-order valence-corrected chi connectivity index (χ4v) is 2.35. The van der Waals surface area contributed by atoms with Gasteiger partial charge in [0.05, 0.1) is 0 Å². The van der Waals surface area contributed by atoms with Crippen molar-refractivity contribution in [1.82, 2.24) is 0 Å². The van der Waals surface area contributed by atoms with E-state index in [9.17, 15) is 0 Å². The van der Waals surface area contributed by atoms with Crippen LogP contribution in [0.15, 0.2) is 6.07 Å². The number of alkyl halides is 1. The fraction of sp³-hybridized carbons (Fsp3) is 0.455. The number of nitriles is 1. The van der Waals surface area contributed by atoms with Gasteiger partial charge in [0.1, 0.15) is 6.07 Å². The second kappa shape index (κ2) is 8.60. The molecule has 7 heteroatoms. The normalized spacial score (nSPS) is 16.3. The molecule has 0 aromatic carbocycles. The van der Waals surface area contributed by atoms with Crippen LogP contribution >= 0.6 is 59.8 Å². The van der Waals surface area contributed by atoms with Gasteiger partial charge >= 0.3 is 56.4 Å². The van der Waals surface area contributed by atoms with Crippen LogP contribution in [0.25, 0.3) is 0 Å². The van der Waals surface area contributed by atoms with Gasteiger partial charge in [0.15, 0.2) is 23.9 Å². The molecule has 1 aromatic heterocycles. The van der Waals surface area contributed by atoms with Crippen LogP contribution in [-0.2, 0) is 6.54 Å². The molecule has 0 fully saturated rings. The summed E-state index contributed by atoms with van der Waals surface area (Å²) in [6, 6.07) is 4.26. The number of pyridine rings is 1. The Hall–Kier alpha value is 1.36. The third-order valence-electron chi connectivity index (χ3n) is 2.65. The van der Waals surface area contributed by atoms with Gasteiger partial charge in [0.25, 0.3) is 0 Å². The van der Waals surface area contributed by atoms with Crippen LogP contribution in [0, 0.1) is 25.2 Å². The summed E-state index contributed by atoms with van der Waals surface area (Å²) >= 11 is 7.61. The molecule has 2 rings (SSSR count). The summed E-state index contributed by atoms with van der Waals surface area (Å²) in [4.78, 5) is 0. The molecule has 0 saturated heterocycles. The monoisotopic (exact) mass is 696 g/mol. The van der Waals surface area contributed by atoms with Crippen molar-refractivity contribution < 1.29 is 22.6 Å². The molecule has 0 spiro atoms. The van der Waals surface area contributed by atoms with E-state index >= 15 is 0 Å². The van der Waals surface area contributed by atoms with E-state index in [4.69, 9.17) is 10.00 Å². The molecule has 1 unspecified atom stereocenters. The molecule has 1 atom stereocenters. The van der Waals surface area contributed by atoms with Gasteiger partial charge in [-0.1, -0.05) is 22.6 Å². The second-order valence-electron chi connectivity index (χ2n) is 3.82. The van der Waals surface area contributed by atoms with Gasteiger partial charge in [-0.05, 0) is 12.5 Å². The summed E-state index contributed by atoms with van der Waals surface area (Å²) in [6.07, 6.45) is 0.207. The first-order chi connectivity index (χ1) is 8.58. The van der Waals surface area contributed by atoms with E-state index in [0.717, 1.165) is 28.1 Å². The molecule has 3 nitrogen and oxygen atoms in total. The third kappa shape index (κ3) is 4.18. The van der Waals surface area contributed by atoms with E-state index in [0.29, 0.717) is 18.8 Å². The number of rotatable bonds is 1. The van der Waals surface area contributed by atoms with Crippen molar-refractivity contribution >= 4 is 59.8 Å². The Morgan fingerprint density at radius 1 is 1.56 bits per heavy atom. The molecular weight excluding hydrogens is 684 g/mol. The zero-order valence-electron chi connectivity index (χ0n) is 9.88. The zero-order chi connectivity index (χ0) is 13.7. The summed E-state index contributed by atoms with van der Waals surface area (Å²) < 4.78 is 8.81. The van der Waals surface area contributed by atoms with E-state index in [1.54, 1.807) is 0 Å². The molecule has 1 aliphatic rings. The molecule has 100 valence electrons. The number of hydrogen-bond donors (Lipinski definition) is 0. The van der Waals surface area contributed by atoms with E-state index in [2.05, 4.69) is 77.4 Å². The number of aryl methyl sites for hydroxylation is 2. The molecule has 18 heavy (non-hydrogen) atoms. The van der Waals surface area contributed by atoms with E-state index in [1.807, 2.05) is 13.0 Å². The van der Waals surface area contributed by atoms with Crippen LogP contribution < -0.4 is 22.6 Å². The van der Waals surface area contributed by atoms with E-state index < -0.39 is 0 Å². The molecule has 0 saturated carbocycles. The summed E-state index contributed by atoms with van der Waals surface area (Å²) in [5, 5.41) is 9.09. The van der Waals surface area contributed by atoms with Crippen molar-refractivity contribution in [2.24, 2.45) is 0 Å². The Morgan fingerprint density at radius 3 is 2.67 bits per heavy atom. The van der Waals surface area contributed by atoms with Crippen LogP contribution in [0.4, 0.5) is 0 Å². The predicted molar refractivity (Wildman–Crippen MR) is 92.2 cm³/mol. The van der Waals surface area contributed by atoms with Crippen LogP contribution in [-0.4, -0.2) is 10.5 Å². The SMILES string of the molecule is Cc1cc(C)[n+]2c(c1C#N)OC(CI)C2.I[I-]I. The fourth-order valence-electron chi connectivity index (χ4n) is 1.89. The molecule has 0 bridgehead atoms. The number of ether oxygens (including phenoxy) is 1.